The predicted molar refractivity (Wildman–Crippen MR) is 76.3 cm³/mol. The number of halogens is 1. The van der Waals surface area contributed by atoms with E-state index in [1.807, 2.05) is 11.8 Å². The summed E-state index contributed by atoms with van der Waals surface area (Å²) in [5.74, 6) is 2.00. The van der Waals surface area contributed by atoms with Gasteiger partial charge in [-0.1, -0.05) is 28.1 Å². The average molecular weight is 300 g/mol. The Kier molecular flexibility index (Phi) is 4.74. The summed E-state index contributed by atoms with van der Waals surface area (Å²) in [4.78, 5) is 0. The zero-order chi connectivity index (χ0) is 11.4. The van der Waals surface area contributed by atoms with Gasteiger partial charge in [-0.25, -0.2) is 0 Å². The molecule has 0 bridgehead atoms. The molecule has 1 nitrogen and oxygen atoms in total. The van der Waals surface area contributed by atoms with Crippen LogP contribution in [0.4, 0.5) is 0 Å². The van der Waals surface area contributed by atoms with Gasteiger partial charge in [-0.3, -0.25) is 0 Å². The standard InChI is InChI=1S/C13H18BrNS/c1-16-7-6-15-13-8-11(9-13)10-2-4-12(14)5-3-10/h2-5,11,13,15H,6-9H2,1H3. The summed E-state index contributed by atoms with van der Waals surface area (Å²) in [6, 6.07) is 9.52. The molecule has 0 aliphatic heterocycles. The first kappa shape index (κ1) is 12.5. The first-order valence-electron chi connectivity index (χ1n) is 5.77. The summed E-state index contributed by atoms with van der Waals surface area (Å²) in [5.41, 5.74) is 1.49. The predicted octanol–water partition coefficient (Wildman–Crippen LogP) is 3.65. The Hall–Kier alpha value is 0.01000. The number of rotatable bonds is 5. The van der Waals surface area contributed by atoms with Crippen LogP contribution < -0.4 is 5.32 Å². The van der Waals surface area contributed by atoms with Crippen LogP contribution in [-0.4, -0.2) is 24.6 Å². The van der Waals surface area contributed by atoms with E-state index in [1.165, 1.54) is 28.6 Å². The summed E-state index contributed by atoms with van der Waals surface area (Å²) in [6.45, 7) is 1.15. The van der Waals surface area contributed by atoms with E-state index < -0.39 is 0 Å². The van der Waals surface area contributed by atoms with Crippen LogP contribution in [0, 0.1) is 0 Å². The Morgan fingerprint density at radius 3 is 2.62 bits per heavy atom. The Balaban J connectivity index is 1.73. The van der Waals surface area contributed by atoms with Crippen LogP contribution in [0.3, 0.4) is 0 Å². The number of hydrogen-bond acceptors (Lipinski definition) is 2. The second-order valence-electron chi connectivity index (χ2n) is 4.36. The first-order valence-corrected chi connectivity index (χ1v) is 7.96. The van der Waals surface area contributed by atoms with E-state index in [-0.39, 0.29) is 0 Å². The fraction of sp³-hybridized carbons (Fsp3) is 0.538. The molecule has 88 valence electrons. The second-order valence-corrected chi connectivity index (χ2v) is 6.27. The fourth-order valence-corrected chi connectivity index (χ4v) is 2.74. The maximum atomic E-state index is 3.60. The maximum absolute atomic E-state index is 3.60. The summed E-state index contributed by atoms with van der Waals surface area (Å²) in [5, 5.41) is 3.60. The molecular weight excluding hydrogens is 282 g/mol. The van der Waals surface area contributed by atoms with E-state index in [9.17, 15) is 0 Å². The van der Waals surface area contributed by atoms with E-state index in [2.05, 4.69) is 51.8 Å². The zero-order valence-electron chi connectivity index (χ0n) is 9.58. The van der Waals surface area contributed by atoms with Crippen molar-refractivity contribution in [2.24, 2.45) is 0 Å². The highest BCUT2D eigenvalue weighted by molar-refractivity contribution is 9.10. The lowest BCUT2D eigenvalue weighted by atomic mass is 9.76. The van der Waals surface area contributed by atoms with Crippen molar-refractivity contribution in [3.8, 4) is 0 Å². The highest BCUT2D eigenvalue weighted by Crippen LogP contribution is 2.37. The summed E-state index contributed by atoms with van der Waals surface area (Å²) in [6.07, 6.45) is 4.76. The number of nitrogens with one attached hydrogen (secondary N) is 1. The zero-order valence-corrected chi connectivity index (χ0v) is 12.0. The highest BCUT2D eigenvalue weighted by atomic mass is 79.9. The van der Waals surface area contributed by atoms with Crippen molar-refractivity contribution in [2.75, 3.05) is 18.6 Å². The van der Waals surface area contributed by atoms with Crippen molar-refractivity contribution in [1.29, 1.82) is 0 Å². The van der Waals surface area contributed by atoms with Crippen LogP contribution in [0.2, 0.25) is 0 Å². The third-order valence-electron chi connectivity index (χ3n) is 3.22. The van der Waals surface area contributed by atoms with Gasteiger partial charge in [-0.15, -0.1) is 0 Å². The fourth-order valence-electron chi connectivity index (χ4n) is 2.16. The normalized spacial score (nSPS) is 24.1. The number of thioether (sulfide) groups is 1. The smallest absolute Gasteiger partial charge is 0.0175 e. The van der Waals surface area contributed by atoms with Gasteiger partial charge in [0, 0.05) is 22.8 Å². The molecule has 0 atom stereocenters. The van der Waals surface area contributed by atoms with Gasteiger partial charge >= 0.3 is 0 Å². The van der Waals surface area contributed by atoms with Crippen LogP contribution >= 0.6 is 27.7 Å². The molecule has 0 aromatic heterocycles. The van der Waals surface area contributed by atoms with E-state index in [1.54, 1.807) is 0 Å². The largest absolute Gasteiger partial charge is 0.313 e. The van der Waals surface area contributed by atoms with Crippen LogP contribution in [0.1, 0.15) is 24.3 Å². The summed E-state index contributed by atoms with van der Waals surface area (Å²) < 4.78 is 1.17. The molecule has 0 unspecified atom stereocenters. The molecule has 1 saturated carbocycles. The van der Waals surface area contributed by atoms with Gasteiger partial charge in [-0.2, -0.15) is 11.8 Å². The Morgan fingerprint density at radius 1 is 1.31 bits per heavy atom. The lowest BCUT2D eigenvalue weighted by molar-refractivity contribution is 0.296. The van der Waals surface area contributed by atoms with Crippen molar-refractivity contribution in [3.63, 3.8) is 0 Å². The minimum atomic E-state index is 0.751. The summed E-state index contributed by atoms with van der Waals surface area (Å²) in [7, 11) is 0. The molecule has 2 rings (SSSR count). The topological polar surface area (TPSA) is 12.0 Å². The Bertz CT molecular complexity index is 319. The van der Waals surface area contributed by atoms with Crippen LogP contribution in [0.5, 0.6) is 0 Å². The Morgan fingerprint density at radius 2 is 2.00 bits per heavy atom. The lowest BCUT2D eigenvalue weighted by Crippen LogP contribution is -2.41. The van der Waals surface area contributed by atoms with Gasteiger partial charge in [0.05, 0.1) is 0 Å². The third-order valence-corrected chi connectivity index (χ3v) is 4.36. The first-order chi connectivity index (χ1) is 7.79. The van der Waals surface area contributed by atoms with E-state index in [0.29, 0.717) is 0 Å². The molecule has 0 radical (unpaired) electrons. The second kappa shape index (κ2) is 6.08. The van der Waals surface area contributed by atoms with Gasteiger partial charge in [0.25, 0.3) is 0 Å². The van der Waals surface area contributed by atoms with E-state index >= 15 is 0 Å². The average Bonchev–Trinajstić information content (AvgIpc) is 2.23. The molecule has 0 heterocycles. The SMILES string of the molecule is CSCCNC1CC(c2ccc(Br)cc2)C1. The quantitative estimate of drug-likeness (QED) is 0.833. The van der Waals surface area contributed by atoms with Crippen molar-refractivity contribution in [3.05, 3.63) is 34.3 Å². The molecule has 16 heavy (non-hydrogen) atoms. The monoisotopic (exact) mass is 299 g/mol. The van der Waals surface area contributed by atoms with Gasteiger partial charge in [-0.05, 0) is 42.7 Å². The molecule has 1 aliphatic rings. The molecule has 1 N–H and O–H groups in total. The maximum Gasteiger partial charge on any atom is 0.0175 e. The molecular formula is C13H18BrNS. The van der Waals surface area contributed by atoms with E-state index in [0.717, 1.165) is 18.5 Å². The molecule has 0 saturated heterocycles. The molecule has 1 aliphatic carbocycles. The minimum absolute atomic E-state index is 0.751. The summed E-state index contributed by atoms with van der Waals surface area (Å²) >= 11 is 5.38. The van der Waals surface area contributed by atoms with Gasteiger partial charge in [0.1, 0.15) is 0 Å². The van der Waals surface area contributed by atoms with E-state index in [4.69, 9.17) is 0 Å². The molecule has 0 spiro atoms. The number of hydrogen-bond donors (Lipinski definition) is 1. The van der Waals surface area contributed by atoms with Crippen molar-refractivity contribution in [2.45, 2.75) is 24.8 Å². The molecule has 1 aromatic carbocycles. The van der Waals surface area contributed by atoms with Crippen LogP contribution in [0.15, 0.2) is 28.7 Å². The number of benzene rings is 1. The van der Waals surface area contributed by atoms with Crippen molar-refractivity contribution >= 4 is 27.7 Å². The molecule has 3 heteroatoms. The van der Waals surface area contributed by atoms with Gasteiger partial charge in [0.2, 0.25) is 0 Å². The van der Waals surface area contributed by atoms with Gasteiger partial charge in [0.15, 0.2) is 0 Å². The Labute approximate surface area is 111 Å². The molecule has 1 fully saturated rings. The third kappa shape index (κ3) is 3.25. The highest BCUT2D eigenvalue weighted by Gasteiger charge is 2.29. The lowest BCUT2D eigenvalue weighted by Gasteiger charge is -2.36. The van der Waals surface area contributed by atoms with Crippen LogP contribution in [-0.2, 0) is 0 Å². The van der Waals surface area contributed by atoms with Gasteiger partial charge < -0.3 is 5.32 Å². The van der Waals surface area contributed by atoms with Crippen molar-refractivity contribution < 1.29 is 0 Å². The van der Waals surface area contributed by atoms with Crippen molar-refractivity contribution in [1.82, 2.24) is 5.32 Å². The minimum Gasteiger partial charge on any atom is -0.313 e. The molecule has 1 aromatic rings. The van der Waals surface area contributed by atoms with Crippen LogP contribution in [0.25, 0.3) is 0 Å². The molecule has 0 amide bonds.